The van der Waals surface area contributed by atoms with Gasteiger partial charge < -0.3 is 11.1 Å². The molecule has 0 aliphatic heterocycles. The molecule has 24 heavy (non-hydrogen) atoms. The first-order valence-corrected chi connectivity index (χ1v) is 7.70. The maximum Gasteiger partial charge on any atom is 0.265 e. The summed E-state index contributed by atoms with van der Waals surface area (Å²) in [6.07, 6.45) is 3.21. The highest BCUT2D eigenvalue weighted by Crippen LogP contribution is 2.30. The molecule has 2 aromatic heterocycles. The molecule has 0 fully saturated rings. The molecule has 5 nitrogen and oxygen atoms in total. The molecule has 0 bridgehead atoms. The van der Waals surface area contributed by atoms with Crippen LogP contribution in [0.25, 0.3) is 11.3 Å². The lowest BCUT2D eigenvalue weighted by atomic mass is 10.1. The van der Waals surface area contributed by atoms with Crippen LogP contribution in [0, 0.1) is 11.6 Å². The maximum absolute atomic E-state index is 13.1. The third kappa shape index (κ3) is 3.38. The largest absolute Gasteiger partial charge is 0.396 e. The number of hydrogen-bond donors (Lipinski definition) is 2. The summed E-state index contributed by atoms with van der Waals surface area (Å²) in [5, 5.41) is 2.58. The zero-order chi connectivity index (χ0) is 17.1. The zero-order valence-corrected chi connectivity index (χ0v) is 13.1. The summed E-state index contributed by atoms with van der Waals surface area (Å²) in [6, 6.07) is 6.56. The minimum Gasteiger partial charge on any atom is -0.396 e. The van der Waals surface area contributed by atoms with Crippen molar-refractivity contribution in [3.05, 3.63) is 64.8 Å². The summed E-state index contributed by atoms with van der Waals surface area (Å²) in [7, 11) is 0. The van der Waals surface area contributed by atoms with Crippen LogP contribution in [-0.4, -0.2) is 15.3 Å². The van der Waals surface area contributed by atoms with Gasteiger partial charge in [0, 0.05) is 30.6 Å². The van der Waals surface area contributed by atoms with Gasteiger partial charge in [-0.05, 0) is 41.4 Å². The molecule has 122 valence electrons. The Morgan fingerprint density at radius 2 is 1.83 bits per heavy atom. The minimum atomic E-state index is -0.698. The van der Waals surface area contributed by atoms with Crippen molar-refractivity contribution in [1.29, 1.82) is 0 Å². The molecule has 1 amide bonds. The summed E-state index contributed by atoms with van der Waals surface area (Å²) in [5.74, 6) is -1.84. The van der Waals surface area contributed by atoms with Gasteiger partial charge in [-0.2, -0.15) is 4.37 Å². The number of halogens is 2. The normalized spacial score (nSPS) is 10.6. The highest BCUT2D eigenvalue weighted by molar-refractivity contribution is 7.09. The van der Waals surface area contributed by atoms with Crippen molar-refractivity contribution in [2.75, 3.05) is 5.73 Å². The molecule has 0 unspecified atom stereocenters. The Kier molecular flexibility index (Phi) is 4.48. The van der Waals surface area contributed by atoms with E-state index < -0.39 is 17.5 Å². The number of nitrogens with zero attached hydrogens (tertiary/aromatic N) is 2. The first-order valence-electron chi connectivity index (χ1n) is 6.93. The van der Waals surface area contributed by atoms with Crippen molar-refractivity contribution in [3.63, 3.8) is 0 Å². The van der Waals surface area contributed by atoms with E-state index in [0.29, 0.717) is 11.3 Å². The predicted molar refractivity (Wildman–Crippen MR) is 87.3 cm³/mol. The number of carbonyl (C=O) groups is 1. The fraction of sp³-hybridized carbons (Fsp3) is 0.0625. The molecular weight excluding hydrogens is 334 g/mol. The molecule has 3 N–H and O–H groups in total. The minimum absolute atomic E-state index is 0.0184. The van der Waals surface area contributed by atoms with Crippen LogP contribution in [0.4, 0.5) is 14.5 Å². The van der Waals surface area contributed by atoms with Crippen molar-refractivity contribution in [1.82, 2.24) is 14.7 Å². The molecule has 3 rings (SSSR count). The number of nitrogens with two attached hydrogens (primary N) is 1. The smallest absolute Gasteiger partial charge is 0.265 e. The van der Waals surface area contributed by atoms with E-state index >= 15 is 0 Å². The Hall–Kier alpha value is -2.87. The number of amides is 1. The van der Waals surface area contributed by atoms with Gasteiger partial charge in [-0.15, -0.1) is 0 Å². The number of anilines is 1. The van der Waals surface area contributed by atoms with E-state index in [0.717, 1.165) is 35.3 Å². The summed E-state index contributed by atoms with van der Waals surface area (Å²) >= 11 is 0.965. The van der Waals surface area contributed by atoms with E-state index in [1.165, 1.54) is 0 Å². The van der Waals surface area contributed by atoms with Crippen molar-refractivity contribution in [3.8, 4) is 11.3 Å². The fourth-order valence-electron chi connectivity index (χ4n) is 2.15. The van der Waals surface area contributed by atoms with Gasteiger partial charge in [0.05, 0.1) is 5.69 Å². The van der Waals surface area contributed by atoms with Crippen molar-refractivity contribution >= 4 is 23.1 Å². The third-order valence-corrected chi connectivity index (χ3v) is 4.13. The number of carbonyl (C=O) groups excluding carboxylic acids is 1. The molecule has 3 aromatic rings. The molecule has 0 atom stereocenters. The van der Waals surface area contributed by atoms with Crippen LogP contribution in [0.1, 0.15) is 15.2 Å². The fourth-order valence-corrected chi connectivity index (χ4v) is 2.89. The Bertz CT molecular complexity index is 863. The average Bonchev–Trinajstić information content (AvgIpc) is 2.94. The van der Waals surface area contributed by atoms with Gasteiger partial charge in [-0.1, -0.05) is 0 Å². The second-order valence-electron chi connectivity index (χ2n) is 4.97. The number of rotatable bonds is 4. The van der Waals surface area contributed by atoms with Crippen LogP contribution in [0.15, 0.2) is 42.7 Å². The van der Waals surface area contributed by atoms with Gasteiger partial charge >= 0.3 is 0 Å². The van der Waals surface area contributed by atoms with Crippen molar-refractivity contribution in [2.24, 2.45) is 0 Å². The second-order valence-corrected chi connectivity index (χ2v) is 5.74. The van der Waals surface area contributed by atoms with Crippen LogP contribution in [0.3, 0.4) is 0 Å². The molecule has 2 heterocycles. The van der Waals surface area contributed by atoms with Crippen molar-refractivity contribution in [2.45, 2.75) is 6.54 Å². The lowest BCUT2D eigenvalue weighted by Gasteiger charge is -2.05. The topological polar surface area (TPSA) is 80.9 Å². The second kappa shape index (κ2) is 6.71. The van der Waals surface area contributed by atoms with E-state index in [4.69, 9.17) is 5.73 Å². The number of benzene rings is 1. The maximum atomic E-state index is 13.1. The third-order valence-electron chi connectivity index (χ3n) is 3.26. The van der Waals surface area contributed by atoms with Crippen LogP contribution < -0.4 is 11.1 Å². The summed E-state index contributed by atoms with van der Waals surface area (Å²) in [4.78, 5) is 16.4. The Balaban J connectivity index is 1.75. The van der Waals surface area contributed by atoms with Gasteiger partial charge in [0.1, 0.15) is 22.2 Å². The van der Waals surface area contributed by atoms with Gasteiger partial charge in [0.2, 0.25) is 0 Å². The molecule has 0 saturated carbocycles. The SMILES string of the molecule is Nc1c(-c2ccncc2)nsc1C(=O)NCc1cc(F)cc(F)c1. The molecule has 0 spiro atoms. The average molecular weight is 346 g/mol. The highest BCUT2D eigenvalue weighted by Gasteiger charge is 2.18. The summed E-state index contributed by atoms with van der Waals surface area (Å²) in [5.41, 5.74) is 7.84. The monoisotopic (exact) mass is 346 g/mol. The Morgan fingerprint density at radius 3 is 2.50 bits per heavy atom. The highest BCUT2D eigenvalue weighted by atomic mass is 32.1. The molecule has 0 radical (unpaired) electrons. The first kappa shape index (κ1) is 16.0. The van der Waals surface area contributed by atoms with Crippen LogP contribution in [0.2, 0.25) is 0 Å². The molecule has 0 aliphatic rings. The predicted octanol–water partition coefficient (Wildman–Crippen LogP) is 3.00. The van der Waals surface area contributed by atoms with Crippen LogP contribution in [0.5, 0.6) is 0 Å². The molecule has 8 heteroatoms. The lowest BCUT2D eigenvalue weighted by molar-refractivity contribution is 0.0955. The first-order chi connectivity index (χ1) is 11.5. The Labute approximate surface area is 140 Å². The zero-order valence-electron chi connectivity index (χ0n) is 12.3. The van der Waals surface area contributed by atoms with Crippen molar-refractivity contribution < 1.29 is 13.6 Å². The quantitative estimate of drug-likeness (QED) is 0.761. The van der Waals surface area contributed by atoms with Crippen LogP contribution >= 0.6 is 11.5 Å². The number of aromatic nitrogens is 2. The molecule has 1 aromatic carbocycles. The van der Waals surface area contributed by atoms with Gasteiger partial charge in [0.15, 0.2) is 0 Å². The van der Waals surface area contributed by atoms with Gasteiger partial charge in [-0.25, -0.2) is 8.78 Å². The number of pyridine rings is 1. The molecule has 0 aliphatic carbocycles. The standard InChI is InChI=1S/C16H12F2N4OS/c17-11-5-9(6-12(18)7-11)8-21-16(23)15-13(19)14(22-24-15)10-1-3-20-4-2-10/h1-7H,8,19H2,(H,21,23). The van der Waals surface area contributed by atoms with E-state index in [1.807, 2.05) is 0 Å². The summed E-state index contributed by atoms with van der Waals surface area (Å²) in [6.45, 7) is -0.0184. The van der Waals surface area contributed by atoms with Gasteiger partial charge in [0.25, 0.3) is 5.91 Å². The summed E-state index contributed by atoms with van der Waals surface area (Å²) < 4.78 is 30.5. The number of hydrogen-bond acceptors (Lipinski definition) is 5. The van der Waals surface area contributed by atoms with E-state index in [2.05, 4.69) is 14.7 Å². The van der Waals surface area contributed by atoms with Gasteiger partial charge in [-0.3, -0.25) is 9.78 Å². The van der Waals surface area contributed by atoms with E-state index in [1.54, 1.807) is 24.5 Å². The van der Waals surface area contributed by atoms with Crippen LogP contribution in [-0.2, 0) is 6.54 Å². The Morgan fingerprint density at radius 1 is 1.17 bits per heavy atom. The molecular formula is C16H12F2N4OS. The lowest BCUT2D eigenvalue weighted by Crippen LogP contribution is -2.22. The van der Waals surface area contributed by atoms with E-state index in [9.17, 15) is 13.6 Å². The molecule has 0 saturated heterocycles. The number of nitrogens with one attached hydrogen (secondary N) is 1. The number of nitrogen functional groups attached to an aromatic ring is 1. The van der Waals surface area contributed by atoms with E-state index in [-0.39, 0.29) is 17.1 Å².